The number of carbonyl (C=O) groups is 1. The van der Waals surface area contributed by atoms with Crippen molar-refractivity contribution >= 4 is 5.97 Å². The van der Waals surface area contributed by atoms with E-state index in [-0.39, 0.29) is 0 Å². The van der Waals surface area contributed by atoms with Gasteiger partial charge in [0.2, 0.25) is 0 Å². The smallest absolute Gasteiger partial charge is 0.333 e. The predicted octanol–water partition coefficient (Wildman–Crippen LogP) is 1.25. The summed E-state index contributed by atoms with van der Waals surface area (Å²) in [5, 5.41) is 8.83. The Morgan fingerprint density at radius 3 is 2.58 bits per heavy atom. The summed E-state index contributed by atoms with van der Waals surface area (Å²) in [4.78, 5) is 10.7. The molecule has 0 radical (unpaired) electrons. The van der Waals surface area contributed by atoms with Gasteiger partial charge in [0.15, 0.2) is 0 Å². The van der Waals surface area contributed by atoms with E-state index in [1.807, 2.05) is 0 Å². The molecule has 2 aliphatic rings. The van der Waals surface area contributed by atoms with Crippen LogP contribution in [0.4, 0.5) is 0 Å². The lowest BCUT2D eigenvalue weighted by Gasteiger charge is -2.22. The van der Waals surface area contributed by atoms with Crippen LogP contribution < -0.4 is 5.73 Å². The minimum absolute atomic E-state index is 0.344. The van der Waals surface area contributed by atoms with Crippen LogP contribution in [0.1, 0.15) is 32.1 Å². The van der Waals surface area contributed by atoms with Gasteiger partial charge in [-0.3, -0.25) is 0 Å². The fraction of sp³-hybridized carbons (Fsp3) is 0.667. The van der Waals surface area contributed by atoms with Crippen LogP contribution in [0.15, 0.2) is 11.3 Å². The first-order valence-electron chi connectivity index (χ1n) is 4.34. The average molecular weight is 167 g/mol. The quantitative estimate of drug-likeness (QED) is 0.617. The van der Waals surface area contributed by atoms with E-state index in [2.05, 4.69) is 0 Å². The van der Waals surface area contributed by atoms with Crippen molar-refractivity contribution in [3.05, 3.63) is 11.3 Å². The van der Waals surface area contributed by atoms with Gasteiger partial charge in [0.05, 0.1) is 5.57 Å². The molecule has 0 saturated heterocycles. The molecule has 0 heterocycles. The van der Waals surface area contributed by atoms with Crippen LogP contribution in [0.3, 0.4) is 0 Å². The van der Waals surface area contributed by atoms with E-state index in [1.54, 1.807) is 0 Å². The number of hydrogen-bond acceptors (Lipinski definition) is 2. The molecule has 2 aliphatic carbocycles. The molecule has 12 heavy (non-hydrogen) atoms. The molecular weight excluding hydrogens is 154 g/mol. The van der Waals surface area contributed by atoms with E-state index < -0.39 is 5.97 Å². The van der Waals surface area contributed by atoms with Crippen molar-refractivity contribution in [2.45, 2.75) is 32.1 Å². The first-order chi connectivity index (χ1) is 5.63. The lowest BCUT2D eigenvalue weighted by Crippen LogP contribution is -2.20. The molecule has 0 amide bonds. The minimum Gasteiger partial charge on any atom is -0.478 e. The van der Waals surface area contributed by atoms with Crippen molar-refractivity contribution in [1.82, 2.24) is 0 Å². The Morgan fingerprint density at radius 1 is 1.42 bits per heavy atom. The lowest BCUT2D eigenvalue weighted by molar-refractivity contribution is -0.133. The van der Waals surface area contributed by atoms with Crippen LogP contribution >= 0.6 is 0 Å². The topological polar surface area (TPSA) is 63.3 Å². The zero-order chi connectivity index (χ0) is 8.77. The van der Waals surface area contributed by atoms with Crippen molar-refractivity contribution in [3.8, 4) is 0 Å². The van der Waals surface area contributed by atoms with Gasteiger partial charge < -0.3 is 10.8 Å². The van der Waals surface area contributed by atoms with Crippen LogP contribution in [0, 0.1) is 5.41 Å². The Kier molecular flexibility index (Phi) is 1.43. The largest absolute Gasteiger partial charge is 0.478 e. The van der Waals surface area contributed by atoms with Crippen LogP contribution in [0.25, 0.3) is 0 Å². The molecule has 1 saturated carbocycles. The van der Waals surface area contributed by atoms with Crippen molar-refractivity contribution in [2.75, 3.05) is 0 Å². The molecule has 0 atom stereocenters. The fourth-order valence-corrected chi connectivity index (χ4v) is 1.94. The molecule has 0 aromatic rings. The maximum absolute atomic E-state index is 10.7. The monoisotopic (exact) mass is 167 g/mol. The van der Waals surface area contributed by atoms with E-state index in [0.717, 1.165) is 12.8 Å². The highest BCUT2D eigenvalue weighted by Gasteiger charge is 2.46. The zero-order valence-electron chi connectivity index (χ0n) is 6.97. The van der Waals surface area contributed by atoms with E-state index in [9.17, 15) is 4.79 Å². The standard InChI is InChI=1S/C9H13NO2/c10-7-1-2-9(3-4-9)5-6(7)8(11)12/h1-5,10H2,(H,11,12). The number of rotatable bonds is 1. The Hall–Kier alpha value is -0.990. The molecule has 66 valence electrons. The van der Waals surface area contributed by atoms with Gasteiger partial charge in [-0.2, -0.15) is 0 Å². The SMILES string of the molecule is NC1=C(C(=O)O)CC2(CC1)CC2. The third-order valence-corrected chi connectivity index (χ3v) is 3.08. The molecule has 0 bridgehead atoms. The normalized spacial score (nSPS) is 26.0. The Labute approximate surface area is 71.3 Å². The highest BCUT2D eigenvalue weighted by atomic mass is 16.4. The van der Waals surface area contributed by atoms with Crippen molar-refractivity contribution in [1.29, 1.82) is 0 Å². The summed E-state index contributed by atoms with van der Waals surface area (Å²) >= 11 is 0. The molecule has 1 spiro atoms. The summed E-state index contributed by atoms with van der Waals surface area (Å²) in [6, 6.07) is 0. The number of hydrogen-bond donors (Lipinski definition) is 2. The molecular formula is C9H13NO2. The van der Waals surface area contributed by atoms with Crippen LogP contribution in [-0.4, -0.2) is 11.1 Å². The number of carboxylic acid groups (broad SMARTS) is 1. The van der Waals surface area contributed by atoms with Crippen LogP contribution in [0.5, 0.6) is 0 Å². The van der Waals surface area contributed by atoms with Gasteiger partial charge in [0.1, 0.15) is 0 Å². The molecule has 0 aliphatic heterocycles. The molecule has 3 nitrogen and oxygen atoms in total. The summed E-state index contributed by atoms with van der Waals surface area (Å²) in [7, 11) is 0. The lowest BCUT2D eigenvalue weighted by atomic mass is 9.84. The third kappa shape index (κ3) is 1.09. The first-order valence-corrected chi connectivity index (χ1v) is 4.34. The van der Waals surface area contributed by atoms with Gasteiger partial charge in [-0.25, -0.2) is 4.79 Å². The molecule has 2 rings (SSSR count). The van der Waals surface area contributed by atoms with Crippen molar-refractivity contribution in [2.24, 2.45) is 11.1 Å². The second-order valence-electron chi connectivity index (χ2n) is 3.99. The molecule has 0 unspecified atom stereocenters. The minimum atomic E-state index is -0.821. The van der Waals surface area contributed by atoms with E-state index >= 15 is 0 Å². The number of carboxylic acids is 1. The van der Waals surface area contributed by atoms with E-state index in [1.165, 1.54) is 12.8 Å². The summed E-state index contributed by atoms with van der Waals surface area (Å²) in [6.45, 7) is 0. The Balaban J connectivity index is 2.22. The average Bonchev–Trinajstić information content (AvgIpc) is 2.76. The summed E-state index contributed by atoms with van der Waals surface area (Å²) < 4.78 is 0. The molecule has 3 N–H and O–H groups in total. The van der Waals surface area contributed by atoms with Gasteiger partial charge in [0, 0.05) is 5.70 Å². The van der Waals surface area contributed by atoms with Crippen LogP contribution in [0.2, 0.25) is 0 Å². The molecule has 0 aromatic carbocycles. The van der Waals surface area contributed by atoms with Gasteiger partial charge >= 0.3 is 5.97 Å². The maximum Gasteiger partial charge on any atom is 0.333 e. The van der Waals surface area contributed by atoms with E-state index in [0.29, 0.717) is 23.1 Å². The highest BCUT2D eigenvalue weighted by Crippen LogP contribution is 2.56. The fourth-order valence-electron chi connectivity index (χ4n) is 1.94. The predicted molar refractivity (Wildman–Crippen MR) is 44.4 cm³/mol. The van der Waals surface area contributed by atoms with Gasteiger partial charge in [-0.1, -0.05) is 0 Å². The molecule has 3 heteroatoms. The first kappa shape index (κ1) is 7.65. The number of nitrogens with two attached hydrogens (primary N) is 1. The van der Waals surface area contributed by atoms with Gasteiger partial charge in [0.25, 0.3) is 0 Å². The third-order valence-electron chi connectivity index (χ3n) is 3.08. The summed E-state index contributed by atoms with van der Waals surface area (Å²) in [6.07, 6.45) is 4.96. The Bertz CT molecular complexity index is 264. The van der Waals surface area contributed by atoms with Gasteiger partial charge in [-0.15, -0.1) is 0 Å². The summed E-state index contributed by atoms with van der Waals surface area (Å²) in [5.41, 5.74) is 7.04. The Morgan fingerprint density at radius 2 is 2.08 bits per heavy atom. The second kappa shape index (κ2) is 2.25. The second-order valence-corrected chi connectivity index (χ2v) is 3.99. The van der Waals surface area contributed by atoms with Gasteiger partial charge in [-0.05, 0) is 37.5 Å². The van der Waals surface area contributed by atoms with E-state index in [4.69, 9.17) is 10.8 Å². The number of aliphatic carboxylic acids is 1. The number of allylic oxidation sites excluding steroid dienone is 1. The highest BCUT2D eigenvalue weighted by molar-refractivity contribution is 5.87. The maximum atomic E-state index is 10.7. The van der Waals surface area contributed by atoms with Crippen molar-refractivity contribution < 1.29 is 9.90 Å². The van der Waals surface area contributed by atoms with Crippen molar-refractivity contribution in [3.63, 3.8) is 0 Å². The zero-order valence-corrected chi connectivity index (χ0v) is 6.97. The van der Waals surface area contributed by atoms with Crippen LogP contribution in [-0.2, 0) is 4.79 Å². The molecule has 0 aromatic heterocycles. The molecule has 1 fully saturated rings. The summed E-state index contributed by atoms with van der Waals surface area (Å²) in [5.74, 6) is -0.821.